The first kappa shape index (κ1) is 15.3. The van der Waals surface area contributed by atoms with E-state index in [9.17, 15) is 9.59 Å². The first-order valence-corrected chi connectivity index (χ1v) is 5.29. The van der Waals surface area contributed by atoms with E-state index in [2.05, 4.69) is 28.3 Å². The van der Waals surface area contributed by atoms with Crippen molar-refractivity contribution >= 4 is 30.7 Å². The van der Waals surface area contributed by atoms with E-state index in [1.165, 1.54) is 14.2 Å². The van der Waals surface area contributed by atoms with Gasteiger partial charge in [0.2, 0.25) is 6.10 Å². The van der Waals surface area contributed by atoms with Gasteiger partial charge in [0.25, 0.3) is 0 Å². The molecule has 0 aliphatic rings. The van der Waals surface area contributed by atoms with Crippen LogP contribution in [0.25, 0.3) is 0 Å². The van der Waals surface area contributed by atoms with Crippen LogP contribution in [-0.4, -0.2) is 43.2 Å². The van der Waals surface area contributed by atoms with Crippen LogP contribution in [0, 0.1) is 0 Å². The highest BCUT2D eigenvalue weighted by atomic mass is 31.1. The molecule has 0 fully saturated rings. The SMILES string of the molecule is COC(=O)/C=C/O[C@@H](CN(P)P)C(=O)OC. The summed E-state index contributed by atoms with van der Waals surface area (Å²) >= 11 is 0. The van der Waals surface area contributed by atoms with Crippen LogP contribution in [0.3, 0.4) is 0 Å². The Labute approximate surface area is 98.8 Å². The Hall–Kier alpha value is -0.700. The summed E-state index contributed by atoms with van der Waals surface area (Å²) in [6.07, 6.45) is 1.37. The summed E-state index contributed by atoms with van der Waals surface area (Å²) < 4.78 is 15.6. The van der Waals surface area contributed by atoms with E-state index >= 15 is 0 Å². The fraction of sp³-hybridized carbons (Fsp3) is 0.500. The number of ether oxygens (including phenoxy) is 3. The summed E-state index contributed by atoms with van der Waals surface area (Å²) in [4.78, 5) is 22.0. The highest BCUT2D eigenvalue weighted by Crippen LogP contribution is 2.10. The van der Waals surface area contributed by atoms with Crippen LogP contribution in [0.4, 0.5) is 0 Å². The quantitative estimate of drug-likeness (QED) is 0.294. The minimum absolute atomic E-state index is 0.285. The zero-order valence-corrected chi connectivity index (χ0v) is 11.4. The van der Waals surface area contributed by atoms with Gasteiger partial charge in [0.1, 0.15) is 0 Å². The molecule has 92 valence electrons. The molecular formula is C8H15NO5P2. The van der Waals surface area contributed by atoms with Gasteiger partial charge >= 0.3 is 11.9 Å². The van der Waals surface area contributed by atoms with Crippen molar-refractivity contribution in [2.24, 2.45) is 0 Å². The smallest absolute Gasteiger partial charge is 0.348 e. The molecule has 0 N–H and O–H groups in total. The lowest BCUT2D eigenvalue weighted by molar-refractivity contribution is -0.151. The number of nitrogens with zero attached hydrogens (tertiary/aromatic N) is 1. The highest BCUT2D eigenvalue weighted by Gasteiger charge is 2.20. The molecule has 0 aromatic rings. The van der Waals surface area contributed by atoms with Crippen molar-refractivity contribution in [2.75, 3.05) is 20.8 Å². The molecule has 0 heterocycles. The van der Waals surface area contributed by atoms with Gasteiger partial charge in [-0.05, 0) is 0 Å². The third-order valence-electron chi connectivity index (χ3n) is 1.49. The predicted octanol–water partition coefficient (Wildman–Crippen LogP) is 0.113. The lowest BCUT2D eigenvalue weighted by Gasteiger charge is -2.17. The Bertz CT molecular complexity index is 269. The topological polar surface area (TPSA) is 65.1 Å². The Morgan fingerprint density at radius 1 is 1.31 bits per heavy atom. The standard InChI is InChI=1S/C8H15NO5P2/c1-12-7(10)3-4-14-6(5-9(15)16)8(11)13-2/h3-4,6H,5,15-16H2,1-2H3/b4-3+/t6-/m0/s1. The van der Waals surface area contributed by atoms with Crippen LogP contribution in [0.2, 0.25) is 0 Å². The lowest BCUT2D eigenvalue weighted by atomic mass is 10.4. The summed E-state index contributed by atoms with van der Waals surface area (Å²) in [7, 11) is 7.22. The van der Waals surface area contributed by atoms with Gasteiger partial charge in [0.15, 0.2) is 0 Å². The summed E-state index contributed by atoms with van der Waals surface area (Å²) in [5, 5.41) is 0. The average molecular weight is 267 g/mol. The molecule has 16 heavy (non-hydrogen) atoms. The van der Waals surface area contributed by atoms with E-state index < -0.39 is 18.0 Å². The Morgan fingerprint density at radius 2 is 1.94 bits per heavy atom. The molecule has 0 aliphatic carbocycles. The third kappa shape index (κ3) is 6.72. The number of hydrogen-bond donors (Lipinski definition) is 0. The van der Waals surface area contributed by atoms with E-state index in [1.54, 1.807) is 4.44 Å². The lowest BCUT2D eigenvalue weighted by Crippen LogP contribution is -2.31. The predicted molar refractivity (Wildman–Crippen MR) is 64.2 cm³/mol. The Balaban J connectivity index is 4.26. The van der Waals surface area contributed by atoms with Crippen molar-refractivity contribution in [2.45, 2.75) is 6.10 Å². The molecule has 0 aromatic heterocycles. The van der Waals surface area contributed by atoms with Gasteiger partial charge in [-0.25, -0.2) is 9.59 Å². The van der Waals surface area contributed by atoms with Gasteiger partial charge in [-0.1, -0.05) is 18.8 Å². The number of carbonyl (C=O) groups is 2. The van der Waals surface area contributed by atoms with E-state index in [-0.39, 0.29) is 6.54 Å². The normalized spacial score (nSPS) is 12.6. The maximum Gasteiger partial charge on any atom is 0.348 e. The summed E-state index contributed by atoms with van der Waals surface area (Å²) in [5.41, 5.74) is 0. The maximum absolute atomic E-state index is 11.3. The van der Waals surface area contributed by atoms with Gasteiger partial charge < -0.3 is 14.2 Å². The van der Waals surface area contributed by atoms with Crippen molar-refractivity contribution in [3.05, 3.63) is 12.3 Å². The molecule has 0 radical (unpaired) electrons. The molecule has 6 nitrogen and oxygen atoms in total. The number of hydrogen-bond acceptors (Lipinski definition) is 6. The second-order valence-electron chi connectivity index (χ2n) is 2.67. The summed E-state index contributed by atoms with van der Waals surface area (Å²) in [6, 6.07) is 0. The fourth-order valence-electron chi connectivity index (χ4n) is 0.754. The van der Waals surface area contributed by atoms with Crippen LogP contribution in [0.1, 0.15) is 0 Å². The molecule has 8 heteroatoms. The van der Waals surface area contributed by atoms with Crippen LogP contribution in [0.15, 0.2) is 12.3 Å². The first-order chi connectivity index (χ1) is 7.51. The Morgan fingerprint density at radius 3 is 2.38 bits per heavy atom. The monoisotopic (exact) mass is 267 g/mol. The van der Waals surface area contributed by atoms with Crippen LogP contribution in [0.5, 0.6) is 0 Å². The van der Waals surface area contributed by atoms with Gasteiger partial charge in [-0.15, -0.1) is 0 Å². The molecule has 0 rings (SSSR count). The largest absolute Gasteiger partial charge is 0.485 e. The molecule has 0 saturated carbocycles. The minimum Gasteiger partial charge on any atom is -0.485 e. The molecule has 0 bridgehead atoms. The Kier molecular flexibility index (Phi) is 8.08. The molecule has 0 amide bonds. The number of methoxy groups -OCH3 is 2. The molecule has 0 saturated heterocycles. The second kappa shape index (κ2) is 8.45. The summed E-state index contributed by atoms with van der Waals surface area (Å²) in [5.74, 6) is -1.08. The number of rotatable bonds is 6. The van der Waals surface area contributed by atoms with Gasteiger partial charge in [0.05, 0.1) is 33.1 Å². The maximum atomic E-state index is 11.3. The number of esters is 2. The van der Waals surface area contributed by atoms with E-state index in [0.717, 1.165) is 12.3 Å². The fourth-order valence-corrected chi connectivity index (χ4v) is 1.14. The van der Waals surface area contributed by atoms with Crippen molar-refractivity contribution < 1.29 is 23.8 Å². The van der Waals surface area contributed by atoms with Crippen molar-refractivity contribution in [1.82, 2.24) is 4.44 Å². The zero-order chi connectivity index (χ0) is 12.6. The minimum atomic E-state index is -0.805. The first-order valence-electron chi connectivity index (χ1n) is 4.26. The molecule has 3 atom stereocenters. The van der Waals surface area contributed by atoms with Crippen molar-refractivity contribution in [3.8, 4) is 0 Å². The average Bonchev–Trinajstić information content (AvgIpc) is 2.25. The molecule has 2 unspecified atom stereocenters. The molecule has 0 spiro atoms. The highest BCUT2D eigenvalue weighted by molar-refractivity contribution is 7.30. The van der Waals surface area contributed by atoms with Crippen LogP contribution < -0.4 is 0 Å². The zero-order valence-electron chi connectivity index (χ0n) is 9.08. The molecule has 0 aromatic carbocycles. The second-order valence-corrected chi connectivity index (χ2v) is 4.59. The van der Waals surface area contributed by atoms with Gasteiger partial charge in [0, 0.05) is 0 Å². The van der Waals surface area contributed by atoms with Crippen LogP contribution in [-0.2, 0) is 23.8 Å². The van der Waals surface area contributed by atoms with E-state index in [1.807, 2.05) is 0 Å². The molecule has 0 aliphatic heterocycles. The third-order valence-corrected chi connectivity index (χ3v) is 1.91. The molecular weight excluding hydrogens is 252 g/mol. The van der Waals surface area contributed by atoms with Crippen molar-refractivity contribution in [1.29, 1.82) is 0 Å². The van der Waals surface area contributed by atoms with Crippen LogP contribution >= 0.6 is 18.8 Å². The van der Waals surface area contributed by atoms with Gasteiger partial charge in [-0.2, -0.15) is 0 Å². The summed E-state index contributed by atoms with van der Waals surface area (Å²) in [6.45, 7) is 0.285. The van der Waals surface area contributed by atoms with Crippen molar-refractivity contribution in [3.63, 3.8) is 0 Å². The van der Waals surface area contributed by atoms with Gasteiger partial charge in [-0.3, -0.25) is 4.44 Å². The number of carbonyl (C=O) groups excluding carboxylic acids is 2. The van der Waals surface area contributed by atoms with E-state index in [4.69, 9.17) is 4.74 Å². The van der Waals surface area contributed by atoms with E-state index in [0.29, 0.717) is 0 Å².